The second-order valence-corrected chi connectivity index (χ2v) is 3.70. The largest absolute Gasteiger partial charge is 0.378 e. The van der Waals surface area contributed by atoms with Gasteiger partial charge in [-0.15, -0.1) is 0 Å². The minimum absolute atomic E-state index is 0.800. The smallest absolute Gasteiger partial charge is 0.0726 e. The third-order valence-corrected chi connectivity index (χ3v) is 2.67. The molecule has 0 bridgehead atoms. The van der Waals surface area contributed by atoms with Crippen LogP contribution in [0.4, 0.5) is 5.69 Å². The average molecular weight is 212 g/mol. The zero-order valence-electron chi connectivity index (χ0n) is 8.70. The van der Waals surface area contributed by atoms with Crippen LogP contribution in [0.25, 0.3) is 10.9 Å². The molecule has 0 saturated heterocycles. The predicted molar refractivity (Wildman–Crippen MR) is 64.2 cm³/mol. The number of nitrogens with zero attached hydrogens (tertiary/aromatic N) is 1. The molecule has 4 heteroatoms. The average Bonchev–Trinajstić information content (AvgIpc) is 2.97. The van der Waals surface area contributed by atoms with Gasteiger partial charge in [-0.1, -0.05) is 12.1 Å². The Labute approximate surface area is 92.7 Å². The van der Waals surface area contributed by atoms with Crippen molar-refractivity contribution < 1.29 is 0 Å². The fourth-order valence-corrected chi connectivity index (χ4v) is 1.85. The SMILES string of the molecule is c1cc(CNc2cn[nH]c2)c2cc[nH]c2c1. The number of hydrogen-bond donors (Lipinski definition) is 3. The lowest BCUT2D eigenvalue weighted by molar-refractivity contribution is 1.09. The molecule has 0 atom stereocenters. The van der Waals surface area contributed by atoms with Crippen LogP contribution in [0.15, 0.2) is 42.9 Å². The predicted octanol–water partition coefficient (Wildman–Crippen LogP) is 2.50. The molecule has 16 heavy (non-hydrogen) atoms. The Kier molecular flexibility index (Phi) is 2.11. The van der Waals surface area contributed by atoms with Crippen LogP contribution in [0.1, 0.15) is 5.56 Å². The molecule has 0 radical (unpaired) electrons. The maximum atomic E-state index is 3.89. The molecule has 0 aliphatic rings. The van der Waals surface area contributed by atoms with E-state index in [0.717, 1.165) is 12.2 Å². The van der Waals surface area contributed by atoms with Crippen molar-refractivity contribution in [2.75, 3.05) is 5.32 Å². The van der Waals surface area contributed by atoms with Crippen LogP contribution in [0.3, 0.4) is 0 Å². The lowest BCUT2D eigenvalue weighted by Crippen LogP contribution is -1.98. The van der Waals surface area contributed by atoms with E-state index in [-0.39, 0.29) is 0 Å². The fourth-order valence-electron chi connectivity index (χ4n) is 1.85. The molecular formula is C12H12N4. The van der Waals surface area contributed by atoms with E-state index in [1.807, 2.05) is 12.4 Å². The van der Waals surface area contributed by atoms with Crippen LogP contribution < -0.4 is 5.32 Å². The van der Waals surface area contributed by atoms with Crippen molar-refractivity contribution in [3.63, 3.8) is 0 Å². The van der Waals surface area contributed by atoms with E-state index in [9.17, 15) is 0 Å². The normalized spacial score (nSPS) is 10.8. The Bertz CT molecular complexity index is 580. The molecule has 0 amide bonds. The number of fused-ring (bicyclic) bond motifs is 1. The standard InChI is InChI=1S/C12H12N4/c1-2-9(6-14-10-7-15-16-8-10)11-4-5-13-12(11)3-1/h1-5,7-8,13-14H,6H2,(H,15,16). The Morgan fingerprint density at radius 2 is 2.25 bits per heavy atom. The molecular weight excluding hydrogens is 200 g/mol. The number of nitrogens with one attached hydrogen (secondary N) is 3. The number of H-pyrrole nitrogens is 2. The topological polar surface area (TPSA) is 56.5 Å². The minimum atomic E-state index is 0.800. The first-order valence-corrected chi connectivity index (χ1v) is 5.21. The number of benzene rings is 1. The van der Waals surface area contributed by atoms with Crippen LogP contribution >= 0.6 is 0 Å². The van der Waals surface area contributed by atoms with Crippen LogP contribution in [0.5, 0.6) is 0 Å². The molecule has 0 aliphatic heterocycles. The highest BCUT2D eigenvalue weighted by molar-refractivity contribution is 5.83. The molecule has 0 spiro atoms. The third-order valence-electron chi connectivity index (χ3n) is 2.67. The van der Waals surface area contributed by atoms with Crippen LogP contribution in [-0.4, -0.2) is 15.2 Å². The summed E-state index contributed by atoms with van der Waals surface area (Å²) in [6, 6.07) is 8.37. The molecule has 0 unspecified atom stereocenters. The number of aromatic nitrogens is 3. The van der Waals surface area contributed by atoms with Gasteiger partial charge in [0.05, 0.1) is 11.9 Å². The third kappa shape index (κ3) is 1.54. The van der Waals surface area contributed by atoms with Gasteiger partial charge in [0.2, 0.25) is 0 Å². The van der Waals surface area contributed by atoms with Crippen molar-refractivity contribution in [2.45, 2.75) is 6.54 Å². The zero-order chi connectivity index (χ0) is 10.8. The van der Waals surface area contributed by atoms with Gasteiger partial charge in [0.1, 0.15) is 0 Å². The van der Waals surface area contributed by atoms with Crippen molar-refractivity contribution in [3.8, 4) is 0 Å². The number of rotatable bonds is 3. The van der Waals surface area contributed by atoms with Crippen molar-refractivity contribution in [3.05, 3.63) is 48.4 Å². The van der Waals surface area contributed by atoms with Crippen molar-refractivity contribution in [1.29, 1.82) is 0 Å². The summed E-state index contributed by atoms with van der Waals surface area (Å²) in [7, 11) is 0. The molecule has 2 heterocycles. The van der Waals surface area contributed by atoms with Crippen LogP contribution in [0.2, 0.25) is 0 Å². The summed E-state index contributed by atoms with van der Waals surface area (Å²) >= 11 is 0. The maximum Gasteiger partial charge on any atom is 0.0726 e. The molecule has 4 nitrogen and oxygen atoms in total. The van der Waals surface area contributed by atoms with Gasteiger partial charge < -0.3 is 10.3 Å². The molecule has 0 fully saturated rings. The first kappa shape index (κ1) is 9.03. The quantitative estimate of drug-likeness (QED) is 0.624. The van der Waals surface area contributed by atoms with Crippen molar-refractivity contribution in [1.82, 2.24) is 15.2 Å². The first-order valence-electron chi connectivity index (χ1n) is 5.21. The lowest BCUT2D eigenvalue weighted by Gasteiger charge is -2.04. The van der Waals surface area contributed by atoms with Gasteiger partial charge in [-0.05, 0) is 17.7 Å². The van der Waals surface area contributed by atoms with Crippen LogP contribution in [0, 0.1) is 0 Å². The highest BCUT2D eigenvalue weighted by Gasteiger charge is 2.01. The fraction of sp³-hybridized carbons (Fsp3) is 0.0833. The molecule has 3 rings (SSSR count). The summed E-state index contributed by atoms with van der Waals surface area (Å²) in [5.74, 6) is 0. The van der Waals surface area contributed by atoms with E-state index < -0.39 is 0 Å². The summed E-state index contributed by atoms with van der Waals surface area (Å²) in [6.07, 6.45) is 5.58. The molecule has 3 aromatic rings. The second-order valence-electron chi connectivity index (χ2n) is 3.70. The molecule has 0 saturated carbocycles. The van der Waals surface area contributed by atoms with E-state index in [0.29, 0.717) is 0 Å². The van der Waals surface area contributed by atoms with Gasteiger partial charge >= 0.3 is 0 Å². The van der Waals surface area contributed by atoms with E-state index in [1.54, 1.807) is 6.20 Å². The molecule has 80 valence electrons. The molecule has 1 aromatic carbocycles. The maximum absolute atomic E-state index is 3.89. The first-order chi connectivity index (χ1) is 7.93. The number of aromatic amines is 2. The van der Waals surface area contributed by atoms with Gasteiger partial charge in [-0.3, -0.25) is 5.10 Å². The Morgan fingerprint density at radius 1 is 1.25 bits per heavy atom. The van der Waals surface area contributed by atoms with Gasteiger partial charge in [0.15, 0.2) is 0 Å². The number of hydrogen-bond acceptors (Lipinski definition) is 2. The van der Waals surface area contributed by atoms with E-state index >= 15 is 0 Å². The van der Waals surface area contributed by atoms with Gasteiger partial charge in [0, 0.05) is 29.8 Å². The summed E-state index contributed by atoms with van der Waals surface area (Å²) in [5, 5.41) is 11.3. The highest BCUT2D eigenvalue weighted by Crippen LogP contribution is 2.18. The van der Waals surface area contributed by atoms with E-state index in [2.05, 4.69) is 44.8 Å². The summed E-state index contributed by atoms with van der Waals surface area (Å²) in [6.45, 7) is 0.800. The van der Waals surface area contributed by atoms with E-state index in [4.69, 9.17) is 0 Å². The molecule has 2 aromatic heterocycles. The molecule has 3 N–H and O–H groups in total. The van der Waals surface area contributed by atoms with Gasteiger partial charge in [0.25, 0.3) is 0 Å². The van der Waals surface area contributed by atoms with Crippen molar-refractivity contribution >= 4 is 16.6 Å². The lowest BCUT2D eigenvalue weighted by atomic mass is 10.1. The Morgan fingerprint density at radius 3 is 3.12 bits per heavy atom. The Balaban J connectivity index is 1.86. The summed E-state index contributed by atoms with van der Waals surface area (Å²) in [5.41, 5.74) is 3.46. The monoisotopic (exact) mass is 212 g/mol. The number of anilines is 1. The Hall–Kier alpha value is -2.23. The van der Waals surface area contributed by atoms with Gasteiger partial charge in [-0.25, -0.2) is 0 Å². The molecule has 0 aliphatic carbocycles. The van der Waals surface area contributed by atoms with Crippen molar-refractivity contribution in [2.24, 2.45) is 0 Å². The van der Waals surface area contributed by atoms with E-state index in [1.165, 1.54) is 16.5 Å². The zero-order valence-corrected chi connectivity index (χ0v) is 8.70. The minimum Gasteiger partial charge on any atom is -0.378 e. The van der Waals surface area contributed by atoms with Gasteiger partial charge in [-0.2, -0.15) is 5.10 Å². The summed E-state index contributed by atoms with van der Waals surface area (Å²) in [4.78, 5) is 3.21. The second kappa shape index (κ2) is 3.73. The highest BCUT2D eigenvalue weighted by atomic mass is 15.1. The summed E-state index contributed by atoms with van der Waals surface area (Å²) < 4.78 is 0. The van der Waals surface area contributed by atoms with Crippen LogP contribution in [-0.2, 0) is 6.54 Å².